The van der Waals surface area contributed by atoms with Gasteiger partial charge in [-0.15, -0.1) is 0 Å². The van der Waals surface area contributed by atoms with Crippen LogP contribution in [0.1, 0.15) is 25.3 Å². The minimum atomic E-state index is -0.484. The molecule has 1 aromatic rings. The molecule has 0 aliphatic carbocycles. The molecule has 2 aliphatic heterocycles. The maximum absolute atomic E-state index is 13.2. The van der Waals surface area contributed by atoms with Gasteiger partial charge in [-0.1, -0.05) is 0 Å². The Balaban J connectivity index is 1.71. The Bertz CT molecular complexity index is 443. The van der Waals surface area contributed by atoms with Crippen molar-refractivity contribution in [1.29, 1.82) is 0 Å². The molecule has 3 rings (SSSR count). The van der Waals surface area contributed by atoms with Crippen molar-refractivity contribution in [1.82, 2.24) is 9.80 Å². The average molecular weight is 266 g/mol. The zero-order valence-electron chi connectivity index (χ0n) is 11.3. The Morgan fingerprint density at radius 2 is 1.89 bits per heavy atom. The maximum atomic E-state index is 13.2. The monoisotopic (exact) mass is 266 g/mol. The third-order valence-corrected chi connectivity index (χ3v) is 4.37. The summed E-state index contributed by atoms with van der Waals surface area (Å²) in [4.78, 5) is 4.90. The van der Waals surface area contributed by atoms with Gasteiger partial charge in [-0.25, -0.2) is 8.78 Å². The first-order chi connectivity index (χ1) is 9.11. The molecular weight excluding hydrogens is 246 g/mol. The molecule has 0 N–H and O–H groups in total. The highest BCUT2D eigenvalue weighted by Gasteiger charge is 2.34. The second-order valence-corrected chi connectivity index (χ2v) is 5.85. The molecule has 19 heavy (non-hydrogen) atoms. The lowest BCUT2D eigenvalue weighted by Gasteiger charge is -2.42. The van der Waals surface area contributed by atoms with E-state index >= 15 is 0 Å². The average Bonchev–Trinajstić information content (AvgIpc) is 2.75. The molecule has 4 heteroatoms. The summed E-state index contributed by atoms with van der Waals surface area (Å²) in [6.45, 7) is 6.13. The molecule has 2 atom stereocenters. The third kappa shape index (κ3) is 2.79. The summed E-state index contributed by atoms with van der Waals surface area (Å²) in [5.41, 5.74) is 0.732. The van der Waals surface area contributed by atoms with Crippen LogP contribution in [0.15, 0.2) is 18.2 Å². The molecule has 0 radical (unpaired) electrons. The Hall–Kier alpha value is -1.00. The second kappa shape index (κ2) is 5.17. The van der Waals surface area contributed by atoms with Crippen LogP contribution in [0.5, 0.6) is 0 Å². The lowest BCUT2D eigenvalue weighted by atomic mass is 10.1. The number of benzene rings is 1. The van der Waals surface area contributed by atoms with Gasteiger partial charge < -0.3 is 0 Å². The van der Waals surface area contributed by atoms with E-state index in [0.717, 1.165) is 24.7 Å². The van der Waals surface area contributed by atoms with E-state index in [9.17, 15) is 8.78 Å². The molecule has 2 heterocycles. The molecule has 0 spiro atoms. The lowest BCUT2D eigenvalue weighted by Crippen LogP contribution is -2.54. The van der Waals surface area contributed by atoms with Gasteiger partial charge >= 0.3 is 0 Å². The summed E-state index contributed by atoms with van der Waals surface area (Å²) in [6.07, 6.45) is 2.53. The molecule has 2 nitrogen and oxygen atoms in total. The molecule has 0 saturated carbocycles. The Morgan fingerprint density at radius 1 is 1.16 bits per heavy atom. The van der Waals surface area contributed by atoms with E-state index in [4.69, 9.17) is 0 Å². The van der Waals surface area contributed by atoms with E-state index in [1.807, 2.05) is 0 Å². The Morgan fingerprint density at radius 3 is 2.63 bits per heavy atom. The van der Waals surface area contributed by atoms with Crippen LogP contribution in [0, 0.1) is 11.6 Å². The molecule has 104 valence electrons. The van der Waals surface area contributed by atoms with E-state index < -0.39 is 11.6 Å². The first-order valence-corrected chi connectivity index (χ1v) is 7.05. The first-order valence-electron chi connectivity index (χ1n) is 7.05. The molecule has 0 unspecified atom stereocenters. The minimum absolute atomic E-state index is 0.445. The SMILES string of the molecule is C[C@H]1CN2CCC[C@@H]2CN1Cc1cc(F)cc(F)c1. The van der Waals surface area contributed by atoms with Gasteiger partial charge in [0.2, 0.25) is 0 Å². The summed E-state index contributed by atoms with van der Waals surface area (Å²) < 4.78 is 26.5. The quantitative estimate of drug-likeness (QED) is 0.812. The van der Waals surface area contributed by atoms with E-state index in [1.165, 1.54) is 31.5 Å². The van der Waals surface area contributed by atoms with Crippen LogP contribution >= 0.6 is 0 Å². The molecule has 2 aliphatic rings. The van der Waals surface area contributed by atoms with Crippen molar-refractivity contribution in [3.8, 4) is 0 Å². The Labute approximate surface area is 113 Å². The summed E-state index contributed by atoms with van der Waals surface area (Å²) in [7, 11) is 0. The largest absolute Gasteiger partial charge is 0.298 e. The Kier molecular flexibility index (Phi) is 3.54. The molecule has 0 bridgehead atoms. The predicted octanol–water partition coefficient (Wildman–Crippen LogP) is 2.63. The second-order valence-electron chi connectivity index (χ2n) is 5.85. The van der Waals surface area contributed by atoms with Gasteiger partial charge in [0.25, 0.3) is 0 Å². The number of hydrogen-bond acceptors (Lipinski definition) is 2. The molecule has 1 aromatic carbocycles. The fourth-order valence-electron chi connectivity index (χ4n) is 3.40. The van der Waals surface area contributed by atoms with Crippen molar-refractivity contribution >= 4 is 0 Å². The topological polar surface area (TPSA) is 6.48 Å². The van der Waals surface area contributed by atoms with Crippen molar-refractivity contribution in [2.45, 2.75) is 38.4 Å². The zero-order valence-corrected chi connectivity index (χ0v) is 11.3. The number of hydrogen-bond donors (Lipinski definition) is 0. The lowest BCUT2D eigenvalue weighted by molar-refractivity contribution is 0.0539. The third-order valence-electron chi connectivity index (χ3n) is 4.37. The van der Waals surface area contributed by atoms with E-state index in [0.29, 0.717) is 18.6 Å². The van der Waals surface area contributed by atoms with E-state index in [2.05, 4.69) is 16.7 Å². The van der Waals surface area contributed by atoms with Crippen LogP contribution in [0.25, 0.3) is 0 Å². The van der Waals surface area contributed by atoms with Crippen molar-refractivity contribution < 1.29 is 8.78 Å². The fourth-order valence-corrected chi connectivity index (χ4v) is 3.40. The van der Waals surface area contributed by atoms with Crippen molar-refractivity contribution in [3.05, 3.63) is 35.4 Å². The number of halogens is 2. The van der Waals surface area contributed by atoms with Gasteiger partial charge in [-0.2, -0.15) is 0 Å². The number of piperazine rings is 1. The van der Waals surface area contributed by atoms with Gasteiger partial charge in [0, 0.05) is 37.8 Å². The maximum Gasteiger partial charge on any atom is 0.126 e. The van der Waals surface area contributed by atoms with Gasteiger partial charge in [0.1, 0.15) is 11.6 Å². The van der Waals surface area contributed by atoms with Gasteiger partial charge in [0.15, 0.2) is 0 Å². The number of nitrogens with zero attached hydrogens (tertiary/aromatic N) is 2. The zero-order chi connectivity index (χ0) is 13.4. The van der Waals surface area contributed by atoms with E-state index in [1.54, 1.807) is 0 Å². The molecule has 2 fully saturated rings. The smallest absolute Gasteiger partial charge is 0.126 e. The molecule has 2 saturated heterocycles. The fraction of sp³-hybridized carbons (Fsp3) is 0.600. The van der Waals surface area contributed by atoms with Crippen LogP contribution in [-0.4, -0.2) is 41.5 Å². The highest BCUT2D eigenvalue weighted by atomic mass is 19.1. The van der Waals surface area contributed by atoms with Crippen LogP contribution < -0.4 is 0 Å². The minimum Gasteiger partial charge on any atom is -0.298 e. The summed E-state index contributed by atoms with van der Waals surface area (Å²) >= 11 is 0. The van der Waals surface area contributed by atoms with Crippen molar-refractivity contribution in [3.63, 3.8) is 0 Å². The summed E-state index contributed by atoms with van der Waals surface area (Å²) in [5.74, 6) is -0.968. The predicted molar refractivity (Wildman–Crippen MR) is 70.8 cm³/mol. The molecule has 0 amide bonds. The first kappa shape index (κ1) is 13.0. The standard InChI is InChI=1S/C15H20F2N2/c1-11-8-18-4-2-3-15(18)10-19(11)9-12-5-13(16)7-14(17)6-12/h5-7,11,15H,2-4,8-10H2,1H3/t11-,15+/m0/s1. The van der Waals surface area contributed by atoms with Gasteiger partial charge in [-0.3, -0.25) is 9.80 Å². The molecular formula is C15H20F2N2. The normalized spacial score (nSPS) is 28.6. The van der Waals surface area contributed by atoms with E-state index in [-0.39, 0.29) is 0 Å². The van der Waals surface area contributed by atoms with Gasteiger partial charge in [0.05, 0.1) is 0 Å². The summed E-state index contributed by atoms with van der Waals surface area (Å²) in [6, 6.07) is 4.89. The van der Waals surface area contributed by atoms with Crippen LogP contribution in [-0.2, 0) is 6.54 Å². The van der Waals surface area contributed by atoms with Gasteiger partial charge in [-0.05, 0) is 44.0 Å². The highest BCUT2D eigenvalue weighted by Crippen LogP contribution is 2.25. The highest BCUT2D eigenvalue weighted by molar-refractivity contribution is 5.18. The van der Waals surface area contributed by atoms with Crippen LogP contribution in [0.2, 0.25) is 0 Å². The number of fused-ring (bicyclic) bond motifs is 1. The van der Waals surface area contributed by atoms with Crippen molar-refractivity contribution in [2.75, 3.05) is 19.6 Å². The number of rotatable bonds is 2. The van der Waals surface area contributed by atoms with Crippen molar-refractivity contribution in [2.24, 2.45) is 0 Å². The van der Waals surface area contributed by atoms with Crippen LogP contribution in [0.3, 0.4) is 0 Å². The molecule has 0 aromatic heterocycles. The van der Waals surface area contributed by atoms with Crippen LogP contribution in [0.4, 0.5) is 8.78 Å². The summed E-state index contributed by atoms with van der Waals surface area (Å²) in [5, 5.41) is 0.